The first kappa shape index (κ1) is 9.72. The third-order valence-corrected chi connectivity index (χ3v) is 2.52. The lowest BCUT2D eigenvalue weighted by Crippen LogP contribution is -1.99. The monoisotopic (exact) mass is 221 g/mol. The molecule has 76 valence electrons. The van der Waals surface area contributed by atoms with Crippen LogP contribution in [0.3, 0.4) is 0 Å². The molecule has 0 spiro atoms. The first-order valence-corrected chi connectivity index (χ1v) is 5.02. The molecular formula is C9H7N3O2S. The van der Waals surface area contributed by atoms with Crippen molar-refractivity contribution in [2.45, 2.75) is 6.92 Å². The van der Waals surface area contributed by atoms with Crippen molar-refractivity contribution < 1.29 is 9.90 Å². The van der Waals surface area contributed by atoms with Crippen LogP contribution in [0.1, 0.15) is 15.4 Å². The van der Waals surface area contributed by atoms with Gasteiger partial charge in [0.25, 0.3) is 0 Å². The van der Waals surface area contributed by atoms with Crippen molar-refractivity contribution in [3.8, 4) is 11.5 Å². The fourth-order valence-electron chi connectivity index (χ4n) is 1.04. The molecule has 0 amide bonds. The van der Waals surface area contributed by atoms with Crippen molar-refractivity contribution in [3.63, 3.8) is 0 Å². The highest BCUT2D eigenvalue weighted by Gasteiger charge is 2.07. The molecule has 5 nitrogen and oxygen atoms in total. The molecule has 1 N–H and O–H groups in total. The Hall–Kier alpha value is -1.82. The second kappa shape index (κ2) is 3.74. The Morgan fingerprint density at radius 3 is 2.53 bits per heavy atom. The molecule has 0 unspecified atom stereocenters. The molecule has 0 aliphatic carbocycles. The topological polar surface area (TPSA) is 76.0 Å². The van der Waals surface area contributed by atoms with Gasteiger partial charge in [0.1, 0.15) is 5.69 Å². The zero-order chi connectivity index (χ0) is 10.8. The first-order chi connectivity index (χ1) is 7.16. The van der Waals surface area contributed by atoms with Gasteiger partial charge in [-0.2, -0.15) is 0 Å². The highest BCUT2D eigenvalue weighted by molar-refractivity contribution is 7.09. The number of hydrogen-bond donors (Lipinski definition) is 1. The summed E-state index contributed by atoms with van der Waals surface area (Å²) < 4.78 is 0. The fraction of sp³-hybridized carbons (Fsp3) is 0.111. The van der Waals surface area contributed by atoms with E-state index in [-0.39, 0.29) is 5.56 Å². The Balaban J connectivity index is 2.35. The maximum absolute atomic E-state index is 10.6. The van der Waals surface area contributed by atoms with Crippen LogP contribution >= 0.6 is 11.3 Å². The minimum atomic E-state index is -1.03. The van der Waals surface area contributed by atoms with Gasteiger partial charge in [-0.3, -0.25) is 0 Å². The molecule has 0 aliphatic heterocycles. The second-order valence-corrected chi connectivity index (χ2v) is 3.91. The molecule has 15 heavy (non-hydrogen) atoms. The van der Waals surface area contributed by atoms with Crippen molar-refractivity contribution in [1.82, 2.24) is 15.0 Å². The van der Waals surface area contributed by atoms with Gasteiger partial charge in [0.05, 0.1) is 10.6 Å². The van der Waals surface area contributed by atoms with E-state index >= 15 is 0 Å². The van der Waals surface area contributed by atoms with Crippen LogP contribution in [-0.4, -0.2) is 26.0 Å². The SMILES string of the molecule is Cc1nc(-c2ncc(C(=O)O)cn2)cs1. The molecule has 0 aliphatic rings. The normalized spacial score (nSPS) is 10.2. The number of nitrogens with zero attached hydrogens (tertiary/aromatic N) is 3. The molecule has 0 radical (unpaired) electrons. The van der Waals surface area contributed by atoms with E-state index < -0.39 is 5.97 Å². The highest BCUT2D eigenvalue weighted by atomic mass is 32.1. The summed E-state index contributed by atoms with van der Waals surface area (Å²) in [6.45, 7) is 1.89. The largest absolute Gasteiger partial charge is 0.478 e. The van der Waals surface area contributed by atoms with E-state index in [0.29, 0.717) is 11.5 Å². The minimum Gasteiger partial charge on any atom is -0.478 e. The van der Waals surface area contributed by atoms with Gasteiger partial charge >= 0.3 is 5.97 Å². The maximum atomic E-state index is 10.6. The zero-order valence-corrected chi connectivity index (χ0v) is 8.65. The number of aromatic nitrogens is 3. The lowest BCUT2D eigenvalue weighted by atomic mass is 10.3. The third-order valence-electron chi connectivity index (χ3n) is 1.75. The smallest absolute Gasteiger partial charge is 0.338 e. The number of carboxylic acids is 1. The lowest BCUT2D eigenvalue weighted by Gasteiger charge is -1.95. The molecule has 0 fully saturated rings. The number of rotatable bonds is 2. The molecule has 0 bridgehead atoms. The van der Waals surface area contributed by atoms with Gasteiger partial charge in [-0.25, -0.2) is 19.7 Å². The first-order valence-electron chi connectivity index (χ1n) is 4.14. The molecule has 2 aromatic heterocycles. The number of hydrogen-bond acceptors (Lipinski definition) is 5. The molecule has 6 heteroatoms. The number of aromatic carboxylic acids is 1. The Labute approximate surface area is 89.5 Å². The van der Waals surface area contributed by atoms with E-state index in [1.54, 1.807) is 0 Å². The molecule has 2 rings (SSSR count). The Morgan fingerprint density at radius 2 is 2.07 bits per heavy atom. The maximum Gasteiger partial charge on any atom is 0.338 e. The summed E-state index contributed by atoms with van der Waals surface area (Å²) in [4.78, 5) is 22.6. The highest BCUT2D eigenvalue weighted by Crippen LogP contribution is 2.17. The van der Waals surface area contributed by atoms with Crippen LogP contribution in [0.25, 0.3) is 11.5 Å². The Kier molecular flexibility index (Phi) is 2.42. The van der Waals surface area contributed by atoms with Crippen LogP contribution in [0.2, 0.25) is 0 Å². The van der Waals surface area contributed by atoms with E-state index in [2.05, 4.69) is 15.0 Å². The average molecular weight is 221 g/mol. The molecule has 0 aromatic carbocycles. The summed E-state index contributed by atoms with van der Waals surface area (Å²) in [5, 5.41) is 11.4. The van der Waals surface area contributed by atoms with E-state index in [4.69, 9.17) is 5.11 Å². The predicted octanol–water partition coefficient (Wildman–Crippen LogP) is 1.61. The molecule has 2 aromatic rings. The van der Waals surface area contributed by atoms with Crippen molar-refractivity contribution >= 4 is 17.3 Å². The van der Waals surface area contributed by atoms with E-state index in [1.165, 1.54) is 23.7 Å². The molecule has 0 saturated carbocycles. The van der Waals surface area contributed by atoms with Crippen LogP contribution in [0.4, 0.5) is 0 Å². The third kappa shape index (κ3) is 1.99. The van der Waals surface area contributed by atoms with Crippen LogP contribution in [0, 0.1) is 6.92 Å². The van der Waals surface area contributed by atoms with E-state index in [1.807, 2.05) is 12.3 Å². The van der Waals surface area contributed by atoms with Gasteiger partial charge in [0.2, 0.25) is 0 Å². The van der Waals surface area contributed by atoms with Crippen LogP contribution in [-0.2, 0) is 0 Å². The van der Waals surface area contributed by atoms with Gasteiger partial charge in [0, 0.05) is 17.8 Å². The summed E-state index contributed by atoms with van der Waals surface area (Å²) in [6.07, 6.45) is 2.55. The van der Waals surface area contributed by atoms with Gasteiger partial charge in [0.15, 0.2) is 5.82 Å². The van der Waals surface area contributed by atoms with E-state index in [0.717, 1.165) is 5.01 Å². The van der Waals surface area contributed by atoms with Crippen LogP contribution < -0.4 is 0 Å². The number of carbonyl (C=O) groups is 1. The molecule has 2 heterocycles. The summed E-state index contributed by atoms with van der Waals surface area (Å²) in [5.41, 5.74) is 0.750. The number of aryl methyl sites for hydroxylation is 1. The van der Waals surface area contributed by atoms with Crippen molar-refractivity contribution in [1.29, 1.82) is 0 Å². The molecular weight excluding hydrogens is 214 g/mol. The summed E-state index contributed by atoms with van der Waals surface area (Å²) in [7, 11) is 0. The van der Waals surface area contributed by atoms with E-state index in [9.17, 15) is 4.79 Å². The molecule has 0 saturated heterocycles. The minimum absolute atomic E-state index is 0.0747. The van der Waals surface area contributed by atoms with Gasteiger partial charge in [-0.15, -0.1) is 11.3 Å². The lowest BCUT2D eigenvalue weighted by molar-refractivity contribution is 0.0696. The summed E-state index contributed by atoms with van der Waals surface area (Å²) >= 11 is 1.50. The van der Waals surface area contributed by atoms with Crippen LogP contribution in [0.5, 0.6) is 0 Å². The summed E-state index contributed by atoms with van der Waals surface area (Å²) in [6, 6.07) is 0. The van der Waals surface area contributed by atoms with Gasteiger partial charge in [-0.1, -0.05) is 0 Å². The quantitative estimate of drug-likeness (QED) is 0.833. The number of thiazole rings is 1. The van der Waals surface area contributed by atoms with Crippen molar-refractivity contribution in [2.24, 2.45) is 0 Å². The Bertz CT molecular complexity index is 492. The standard InChI is InChI=1S/C9H7N3O2S/c1-5-12-7(4-15-5)8-10-2-6(3-11-8)9(13)14/h2-4H,1H3,(H,13,14). The summed E-state index contributed by atoms with van der Waals surface area (Å²) in [5.74, 6) is -0.583. The van der Waals surface area contributed by atoms with Gasteiger partial charge in [-0.05, 0) is 6.92 Å². The second-order valence-electron chi connectivity index (χ2n) is 2.85. The van der Waals surface area contributed by atoms with Gasteiger partial charge < -0.3 is 5.11 Å². The number of carboxylic acid groups (broad SMARTS) is 1. The van der Waals surface area contributed by atoms with Crippen molar-refractivity contribution in [3.05, 3.63) is 28.3 Å². The Morgan fingerprint density at radius 1 is 1.40 bits per heavy atom. The van der Waals surface area contributed by atoms with Crippen molar-refractivity contribution in [2.75, 3.05) is 0 Å². The molecule has 0 atom stereocenters. The fourth-order valence-corrected chi connectivity index (χ4v) is 1.63. The predicted molar refractivity (Wildman–Crippen MR) is 54.8 cm³/mol. The zero-order valence-electron chi connectivity index (χ0n) is 7.84. The van der Waals surface area contributed by atoms with Crippen LogP contribution in [0.15, 0.2) is 17.8 Å². The average Bonchev–Trinajstić information content (AvgIpc) is 2.65.